The molecule has 8 nitrogen and oxygen atoms in total. The molecule has 3 heterocycles. The Morgan fingerprint density at radius 3 is 2.62 bits per heavy atom. The van der Waals surface area contributed by atoms with Crippen molar-refractivity contribution >= 4 is 23.2 Å². The summed E-state index contributed by atoms with van der Waals surface area (Å²) in [4.78, 5) is 18.7. The van der Waals surface area contributed by atoms with E-state index in [9.17, 15) is 18.0 Å². The van der Waals surface area contributed by atoms with Crippen LogP contribution in [0.5, 0.6) is 0 Å². The van der Waals surface area contributed by atoms with Gasteiger partial charge in [-0.2, -0.15) is 18.2 Å². The predicted octanol–water partition coefficient (Wildman–Crippen LogP) is 3.63. The SMILES string of the molecule is C=C(C)C(=O)N1Cc2c(NC(C)c3cc(N)cc(C(F)(F)F)c3)nc3nnc(C)n3c2C1. The lowest BCUT2D eigenvalue weighted by molar-refractivity contribution is -0.137. The monoisotopic (exact) mass is 445 g/mol. The number of aromatic nitrogens is 4. The molecule has 11 heteroatoms. The summed E-state index contributed by atoms with van der Waals surface area (Å²) in [5.41, 5.74) is 7.23. The molecule has 1 aliphatic rings. The predicted molar refractivity (Wildman–Crippen MR) is 112 cm³/mol. The molecule has 0 fully saturated rings. The van der Waals surface area contributed by atoms with Crippen LogP contribution in [-0.4, -0.2) is 30.4 Å². The Hall–Kier alpha value is -3.63. The fourth-order valence-corrected chi connectivity index (χ4v) is 3.85. The molecule has 1 aromatic carbocycles. The molecule has 32 heavy (non-hydrogen) atoms. The highest BCUT2D eigenvalue weighted by Gasteiger charge is 2.33. The summed E-state index contributed by atoms with van der Waals surface area (Å²) in [6, 6.07) is 2.90. The number of fused-ring (bicyclic) bond motifs is 3. The van der Waals surface area contributed by atoms with Gasteiger partial charge in [0.2, 0.25) is 5.91 Å². The van der Waals surface area contributed by atoms with E-state index in [4.69, 9.17) is 5.73 Å². The second kappa shape index (κ2) is 7.50. The van der Waals surface area contributed by atoms with Crippen molar-refractivity contribution in [2.24, 2.45) is 0 Å². The lowest BCUT2D eigenvalue weighted by Crippen LogP contribution is -2.25. The second-order valence-corrected chi connectivity index (χ2v) is 7.96. The van der Waals surface area contributed by atoms with Gasteiger partial charge in [0.05, 0.1) is 30.4 Å². The Labute approximate surface area is 181 Å². The number of alkyl halides is 3. The fourth-order valence-electron chi connectivity index (χ4n) is 3.85. The number of nitrogens with one attached hydrogen (secondary N) is 1. The number of carbonyl (C=O) groups is 1. The minimum Gasteiger partial charge on any atom is -0.399 e. The van der Waals surface area contributed by atoms with Crippen LogP contribution < -0.4 is 11.1 Å². The highest BCUT2D eigenvalue weighted by molar-refractivity contribution is 5.92. The van der Waals surface area contributed by atoms with Crippen LogP contribution in [0.4, 0.5) is 24.7 Å². The van der Waals surface area contributed by atoms with Crippen molar-refractivity contribution in [2.75, 3.05) is 11.1 Å². The number of benzene rings is 1. The number of carbonyl (C=O) groups excluding carboxylic acids is 1. The Morgan fingerprint density at radius 2 is 1.97 bits per heavy atom. The third-order valence-electron chi connectivity index (χ3n) is 5.42. The maximum Gasteiger partial charge on any atom is 0.416 e. The summed E-state index contributed by atoms with van der Waals surface area (Å²) in [5.74, 6) is 1.20. The molecule has 0 spiro atoms. The van der Waals surface area contributed by atoms with Crippen molar-refractivity contribution in [1.82, 2.24) is 24.5 Å². The van der Waals surface area contributed by atoms with Gasteiger partial charge < -0.3 is 16.0 Å². The molecule has 0 saturated heterocycles. The van der Waals surface area contributed by atoms with E-state index in [1.807, 2.05) is 0 Å². The first kappa shape index (κ1) is 21.6. The Bertz CT molecular complexity index is 1250. The number of rotatable bonds is 4. The molecule has 4 rings (SSSR count). The van der Waals surface area contributed by atoms with E-state index in [1.165, 1.54) is 6.07 Å². The van der Waals surface area contributed by atoms with Crippen LogP contribution in [0.25, 0.3) is 5.78 Å². The number of amides is 1. The van der Waals surface area contributed by atoms with E-state index in [1.54, 1.807) is 30.1 Å². The highest BCUT2D eigenvalue weighted by Crippen LogP contribution is 2.35. The first-order valence-electron chi connectivity index (χ1n) is 9.88. The summed E-state index contributed by atoms with van der Waals surface area (Å²) in [6.45, 7) is 9.46. The summed E-state index contributed by atoms with van der Waals surface area (Å²) in [6.07, 6.45) is -4.51. The highest BCUT2D eigenvalue weighted by atomic mass is 19.4. The summed E-state index contributed by atoms with van der Waals surface area (Å²) in [7, 11) is 0. The number of anilines is 2. The number of nitrogens with zero attached hydrogens (tertiary/aromatic N) is 5. The number of hydrogen-bond acceptors (Lipinski definition) is 6. The smallest absolute Gasteiger partial charge is 0.399 e. The van der Waals surface area contributed by atoms with Gasteiger partial charge in [-0.05, 0) is 44.5 Å². The van der Waals surface area contributed by atoms with E-state index in [-0.39, 0.29) is 18.1 Å². The molecule has 1 unspecified atom stereocenters. The molecule has 2 aromatic heterocycles. The lowest BCUT2D eigenvalue weighted by Gasteiger charge is -2.19. The quantitative estimate of drug-likeness (QED) is 0.470. The number of hydrogen-bond donors (Lipinski definition) is 2. The van der Waals surface area contributed by atoms with Crippen molar-refractivity contribution in [1.29, 1.82) is 0 Å². The first-order chi connectivity index (χ1) is 15.0. The largest absolute Gasteiger partial charge is 0.416 e. The second-order valence-electron chi connectivity index (χ2n) is 7.96. The van der Waals surface area contributed by atoms with E-state index in [2.05, 4.69) is 27.1 Å². The van der Waals surface area contributed by atoms with Gasteiger partial charge in [-0.15, -0.1) is 10.2 Å². The third kappa shape index (κ3) is 3.74. The van der Waals surface area contributed by atoms with E-state index < -0.39 is 17.8 Å². The van der Waals surface area contributed by atoms with Crippen molar-refractivity contribution in [3.63, 3.8) is 0 Å². The van der Waals surface area contributed by atoms with Crippen LogP contribution in [0.15, 0.2) is 30.4 Å². The minimum atomic E-state index is -4.51. The van der Waals surface area contributed by atoms with Crippen molar-refractivity contribution in [3.05, 3.63) is 58.6 Å². The van der Waals surface area contributed by atoms with Crippen molar-refractivity contribution in [3.8, 4) is 0 Å². The molecule has 3 aromatic rings. The molecule has 1 amide bonds. The van der Waals surface area contributed by atoms with Crippen LogP contribution >= 0.6 is 0 Å². The fraction of sp³-hybridized carbons (Fsp3) is 0.333. The van der Waals surface area contributed by atoms with Gasteiger partial charge >= 0.3 is 6.18 Å². The molecule has 1 aliphatic heterocycles. The normalized spacial score (nSPS) is 14.5. The average molecular weight is 445 g/mol. The third-order valence-corrected chi connectivity index (χ3v) is 5.42. The zero-order chi connectivity index (χ0) is 23.4. The molecule has 168 valence electrons. The zero-order valence-electron chi connectivity index (χ0n) is 17.8. The van der Waals surface area contributed by atoms with Crippen molar-refractivity contribution < 1.29 is 18.0 Å². The number of halogens is 3. The zero-order valence-corrected chi connectivity index (χ0v) is 17.8. The van der Waals surface area contributed by atoms with Gasteiger partial charge in [-0.3, -0.25) is 9.20 Å². The van der Waals surface area contributed by atoms with Crippen LogP contribution in [0.2, 0.25) is 0 Å². The van der Waals surface area contributed by atoms with Crippen LogP contribution in [0, 0.1) is 6.92 Å². The number of nitrogens with two attached hydrogens (primary N) is 1. The number of nitrogen functional groups attached to an aromatic ring is 1. The van der Waals surface area contributed by atoms with E-state index in [0.29, 0.717) is 35.1 Å². The van der Waals surface area contributed by atoms with Gasteiger partial charge in [0.15, 0.2) is 0 Å². The maximum atomic E-state index is 13.2. The van der Waals surface area contributed by atoms with Gasteiger partial charge in [-0.25, -0.2) is 0 Å². The summed E-state index contributed by atoms with van der Waals surface area (Å²) in [5, 5.41) is 11.3. The van der Waals surface area contributed by atoms with E-state index >= 15 is 0 Å². The molecular weight excluding hydrogens is 423 g/mol. The summed E-state index contributed by atoms with van der Waals surface area (Å²) < 4.78 is 41.5. The minimum absolute atomic E-state index is 0.0171. The standard InChI is InChI=1S/C21H22F3N7O/c1-10(2)19(32)30-8-16-17(9-30)31-12(4)28-29-20(31)27-18(16)26-11(3)13-5-14(21(22,23)24)7-15(25)6-13/h5-7,11H,1,8-9,25H2,2-4H3,(H,26,27,29). The van der Waals surface area contributed by atoms with Crippen LogP contribution in [-0.2, 0) is 24.1 Å². The maximum absolute atomic E-state index is 13.2. The van der Waals surface area contributed by atoms with Crippen LogP contribution in [0.3, 0.4) is 0 Å². The molecule has 1 atom stereocenters. The molecule has 0 aliphatic carbocycles. The van der Waals surface area contributed by atoms with Gasteiger partial charge in [0.1, 0.15) is 11.6 Å². The Kier molecular flexibility index (Phi) is 5.06. The molecular formula is C21H22F3N7O. The average Bonchev–Trinajstić information content (AvgIpc) is 3.30. The Balaban J connectivity index is 1.74. The molecule has 0 bridgehead atoms. The molecule has 0 saturated carbocycles. The topological polar surface area (TPSA) is 101 Å². The van der Waals surface area contributed by atoms with Gasteiger partial charge in [0, 0.05) is 16.8 Å². The molecule has 0 radical (unpaired) electrons. The van der Waals surface area contributed by atoms with E-state index in [0.717, 1.165) is 23.4 Å². The van der Waals surface area contributed by atoms with Crippen LogP contribution in [0.1, 0.15) is 48.1 Å². The van der Waals surface area contributed by atoms with Gasteiger partial charge in [0.25, 0.3) is 5.78 Å². The lowest BCUT2D eigenvalue weighted by atomic mass is 10.0. The molecule has 3 N–H and O–H groups in total. The first-order valence-corrected chi connectivity index (χ1v) is 9.88. The van der Waals surface area contributed by atoms with Gasteiger partial charge in [-0.1, -0.05) is 6.58 Å². The Morgan fingerprint density at radius 1 is 1.25 bits per heavy atom. The summed E-state index contributed by atoms with van der Waals surface area (Å²) >= 11 is 0. The van der Waals surface area contributed by atoms with Crippen molar-refractivity contribution in [2.45, 2.75) is 46.1 Å². The number of aryl methyl sites for hydroxylation is 1.